The second-order valence-electron chi connectivity index (χ2n) is 7.97. The molecule has 1 N–H and O–H groups in total. The molecule has 2 heterocycles. The lowest BCUT2D eigenvalue weighted by Crippen LogP contribution is -2.49. The number of ether oxygens (including phenoxy) is 2. The maximum Gasteiger partial charge on any atom is 0.410 e. The number of nitrogens with zero attached hydrogens (tertiary/aromatic N) is 4. The molecule has 0 saturated carbocycles. The second-order valence-corrected chi connectivity index (χ2v) is 7.97. The number of hydrogen-bond acceptors (Lipinski definition) is 8. The van der Waals surface area contributed by atoms with Gasteiger partial charge < -0.3 is 19.5 Å². The van der Waals surface area contributed by atoms with E-state index in [4.69, 9.17) is 4.74 Å². The fraction of sp³-hybridized carbons (Fsp3) is 0.684. The number of methoxy groups -OCH3 is 1. The minimum Gasteiger partial charge on any atom is -0.503 e. The van der Waals surface area contributed by atoms with Gasteiger partial charge in [0.05, 0.1) is 13.3 Å². The van der Waals surface area contributed by atoms with Crippen molar-refractivity contribution in [3.63, 3.8) is 0 Å². The maximum atomic E-state index is 12.3. The Kier molecular flexibility index (Phi) is 7.60. The fourth-order valence-corrected chi connectivity index (χ4v) is 2.92. The quantitative estimate of drug-likeness (QED) is 0.690. The molecule has 10 heteroatoms. The van der Waals surface area contributed by atoms with Gasteiger partial charge in [-0.2, -0.15) is 5.10 Å². The molecule has 0 atom stereocenters. The minimum absolute atomic E-state index is 0.176. The molecule has 1 aromatic heterocycles. The highest BCUT2D eigenvalue weighted by Crippen LogP contribution is 2.16. The number of aromatic hydroxyl groups is 1. The van der Waals surface area contributed by atoms with Crippen LogP contribution in [0.4, 0.5) is 4.79 Å². The van der Waals surface area contributed by atoms with E-state index in [-0.39, 0.29) is 30.8 Å². The Morgan fingerprint density at radius 3 is 2.45 bits per heavy atom. The van der Waals surface area contributed by atoms with Crippen molar-refractivity contribution in [3.8, 4) is 5.75 Å². The molecule has 1 saturated heterocycles. The molecule has 10 nitrogen and oxygen atoms in total. The molecule has 2 rings (SSSR count). The summed E-state index contributed by atoms with van der Waals surface area (Å²) in [5, 5.41) is 14.3. The van der Waals surface area contributed by atoms with Gasteiger partial charge in [-0.3, -0.25) is 14.5 Å². The average molecular weight is 410 g/mol. The Morgan fingerprint density at radius 2 is 1.86 bits per heavy atom. The van der Waals surface area contributed by atoms with Crippen LogP contribution in [-0.2, 0) is 27.4 Å². The topological polar surface area (TPSA) is 114 Å². The van der Waals surface area contributed by atoms with Gasteiger partial charge in [0.1, 0.15) is 5.60 Å². The number of carbonyl (C=O) groups is 2. The summed E-state index contributed by atoms with van der Waals surface area (Å²) >= 11 is 0. The first-order chi connectivity index (χ1) is 13.6. The van der Waals surface area contributed by atoms with Crippen LogP contribution in [0.5, 0.6) is 5.75 Å². The highest BCUT2D eigenvalue weighted by atomic mass is 16.6. The molecule has 1 amide bonds. The summed E-state index contributed by atoms with van der Waals surface area (Å²) in [4.78, 5) is 39.3. The number of carbonyl (C=O) groups excluding carboxylic acids is 2. The summed E-state index contributed by atoms with van der Waals surface area (Å²) in [7, 11) is 1.31. The van der Waals surface area contributed by atoms with Crippen LogP contribution in [0.2, 0.25) is 0 Å². The van der Waals surface area contributed by atoms with Crippen LogP contribution in [0.15, 0.2) is 11.0 Å². The SMILES string of the molecule is COC(=O)CCCn1ncc(CN2CCN(C(=O)OC(C)(C)C)CC2)c(O)c1=O. The molecule has 0 spiro atoms. The van der Waals surface area contributed by atoms with Crippen molar-refractivity contribution in [2.45, 2.75) is 52.3 Å². The lowest BCUT2D eigenvalue weighted by molar-refractivity contribution is -0.140. The van der Waals surface area contributed by atoms with E-state index in [9.17, 15) is 19.5 Å². The number of esters is 1. The van der Waals surface area contributed by atoms with E-state index < -0.39 is 11.2 Å². The number of piperazine rings is 1. The van der Waals surface area contributed by atoms with Gasteiger partial charge in [-0.15, -0.1) is 0 Å². The van der Waals surface area contributed by atoms with E-state index in [0.717, 1.165) is 4.68 Å². The highest BCUT2D eigenvalue weighted by Gasteiger charge is 2.26. The van der Waals surface area contributed by atoms with Crippen LogP contribution < -0.4 is 5.56 Å². The van der Waals surface area contributed by atoms with Gasteiger partial charge in [0.2, 0.25) is 0 Å². The Bertz CT molecular complexity index is 778. The third-order valence-corrected chi connectivity index (χ3v) is 4.49. The smallest absolute Gasteiger partial charge is 0.410 e. The van der Waals surface area contributed by atoms with Gasteiger partial charge in [0.25, 0.3) is 0 Å². The molecule has 0 unspecified atom stereocenters. The molecule has 0 bridgehead atoms. The Hall–Kier alpha value is -2.62. The summed E-state index contributed by atoms with van der Waals surface area (Å²) in [6, 6.07) is 0. The van der Waals surface area contributed by atoms with E-state index >= 15 is 0 Å². The van der Waals surface area contributed by atoms with Crippen LogP contribution in [0, 0.1) is 0 Å². The van der Waals surface area contributed by atoms with Crippen molar-refractivity contribution in [3.05, 3.63) is 22.1 Å². The van der Waals surface area contributed by atoms with Crippen molar-refractivity contribution in [1.29, 1.82) is 0 Å². The predicted octanol–water partition coefficient (Wildman–Crippen LogP) is 0.955. The monoisotopic (exact) mass is 410 g/mol. The minimum atomic E-state index is -0.584. The van der Waals surface area contributed by atoms with Gasteiger partial charge in [0, 0.05) is 51.3 Å². The lowest BCUT2D eigenvalue weighted by atomic mass is 10.2. The maximum absolute atomic E-state index is 12.3. The normalized spacial score (nSPS) is 15.2. The zero-order valence-electron chi connectivity index (χ0n) is 17.5. The van der Waals surface area contributed by atoms with Crippen molar-refractivity contribution < 1.29 is 24.2 Å². The van der Waals surface area contributed by atoms with Gasteiger partial charge in [-0.1, -0.05) is 0 Å². The van der Waals surface area contributed by atoms with Crippen LogP contribution in [0.25, 0.3) is 0 Å². The summed E-state index contributed by atoms with van der Waals surface area (Å²) in [5.41, 5.74) is -0.684. The first-order valence-corrected chi connectivity index (χ1v) is 9.66. The van der Waals surface area contributed by atoms with Gasteiger partial charge in [-0.25, -0.2) is 9.48 Å². The third-order valence-electron chi connectivity index (χ3n) is 4.49. The van der Waals surface area contributed by atoms with Crippen LogP contribution >= 0.6 is 0 Å². The lowest BCUT2D eigenvalue weighted by Gasteiger charge is -2.35. The zero-order valence-corrected chi connectivity index (χ0v) is 17.5. The second kappa shape index (κ2) is 9.73. The average Bonchev–Trinajstić information content (AvgIpc) is 2.66. The summed E-state index contributed by atoms with van der Waals surface area (Å²) in [5.74, 6) is -0.697. The fourth-order valence-electron chi connectivity index (χ4n) is 2.92. The van der Waals surface area contributed by atoms with Gasteiger partial charge in [-0.05, 0) is 27.2 Å². The predicted molar refractivity (Wildman–Crippen MR) is 104 cm³/mol. The molecule has 0 aliphatic carbocycles. The molecule has 0 radical (unpaired) electrons. The van der Waals surface area contributed by atoms with Crippen molar-refractivity contribution >= 4 is 12.1 Å². The van der Waals surface area contributed by atoms with E-state index in [1.54, 1.807) is 4.90 Å². The van der Waals surface area contributed by atoms with Crippen LogP contribution in [0.1, 0.15) is 39.2 Å². The molecule has 1 fully saturated rings. The van der Waals surface area contributed by atoms with E-state index in [2.05, 4.69) is 9.84 Å². The van der Waals surface area contributed by atoms with Gasteiger partial charge in [0.15, 0.2) is 5.75 Å². The Morgan fingerprint density at radius 1 is 1.21 bits per heavy atom. The van der Waals surface area contributed by atoms with Crippen LogP contribution in [0.3, 0.4) is 0 Å². The number of rotatable bonds is 6. The van der Waals surface area contributed by atoms with E-state index in [1.807, 2.05) is 25.7 Å². The van der Waals surface area contributed by atoms with Crippen molar-refractivity contribution in [2.75, 3.05) is 33.3 Å². The zero-order chi connectivity index (χ0) is 21.6. The number of aryl methyl sites for hydroxylation is 1. The largest absolute Gasteiger partial charge is 0.503 e. The van der Waals surface area contributed by atoms with E-state index in [1.165, 1.54) is 13.3 Å². The standard InChI is InChI=1S/C19H30N4O6/c1-19(2,3)29-18(27)22-10-8-21(9-11-22)13-14-12-20-23(17(26)16(14)25)7-5-6-15(24)28-4/h12,25H,5-11,13H2,1-4H3. The number of amides is 1. The molecule has 1 aliphatic rings. The summed E-state index contributed by atoms with van der Waals surface area (Å²) in [6.07, 6.45) is 1.70. The van der Waals surface area contributed by atoms with Crippen molar-refractivity contribution in [2.24, 2.45) is 0 Å². The number of aromatic nitrogens is 2. The van der Waals surface area contributed by atoms with Crippen LogP contribution in [-0.4, -0.2) is 75.6 Å². The molecular weight excluding hydrogens is 380 g/mol. The van der Waals surface area contributed by atoms with Gasteiger partial charge >= 0.3 is 17.6 Å². The first-order valence-electron chi connectivity index (χ1n) is 9.66. The molecule has 0 aromatic carbocycles. The third kappa shape index (κ3) is 6.74. The summed E-state index contributed by atoms with van der Waals surface area (Å²) in [6.45, 7) is 8.27. The molecule has 1 aliphatic heterocycles. The Labute approximate surface area is 170 Å². The molecular formula is C19H30N4O6. The molecule has 162 valence electrons. The van der Waals surface area contributed by atoms with Crippen molar-refractivity contribution in [1.82, 2.24) is 19.6 Å². The number of hydrogen-bond donors (Lipinski definition) is 1. The first kappa shape index (κ1) is 22.7. The van der Waals surface area contributed by atoms with E-state index in [0.29, 0.717) is 44.7 Å². The highest BCUT2D eigenvalue weighted by molar-refractivity contribution is 5.69. The molecule has 1 aromatic rings. The Balaban J connectivity index is 1.89. The summed E-state index contributed by atoms with van der Waals surface area (Å²) < 4.78 is 11.1. The molecule has 29 heavy (non-hydrogen) atoms.